The second-order valence-corrected chi connectivity index (χ2v) is 6.77. The third kappa shape index (κ3) is 9.47. The number of anilines is 1. The number of guanidine groups is 1. The third-order valence-corrected chi connectivity index (χ3v) is 4.48. The van der Waals surface area contributed by atoms with Crippen LogP contribution in [-0.4, -0.2) is 43.7 Å². The van der Waals surface area contributed by atoms with Crippen molar-refractivity contribution in [3.63, 3.8) is 0 Å². The SMILES string of the molecule is CN=C(NCCCC(=O)Nc1ccc(Cl)cc1)NCC(CO)c1ccccc1.I. The summed E-state index contributed by atoms with van der Waals surface area (Å²) in [5.41, 5.74) is 1.81. The molecule has 6 nitrogen and oxygen atoms in total. The Hall–Kier alpha value is -1.84. The Morgan fingerprint density at radius 2 is 1.79 bits per heavy atom. The molecule has 1 unspecified atom stereocenters. The third-order valence-electron chi connectivity index (χ3n) is 4.23. The molecule has 0 heterocycles. The fraction of sp³-hybridized carbons (Fsp3) is 0.333. The number of carbonyl (C=O) groups excluding carboxylic acids is 1. The molecule has 0 radical (unpaired) electrons. The Morgan fingerprint density at radius 1 is 1.10 bits per heavy atom. The monoisotopic (exact) mass is 530 g/mol. The maximum Gasteiger partial charge on any atom is 0.224 e. The zero-order valence-corrected chi connectivity index (χ0v) is 19.5. The van der Waals surface area contributed by atoms with Crippen molar-refractivity contribution in [1.82, 2.24) is 10.6 Å². The first-order chi connectivity index (χ1) is 13.6. The molecule has 158 valence electrons. The molecular formula is C21H28ClIN4O2. The largest absolute Gasteiger partial charge is 0.396 e. The standard InChI is InChI=1S/C21H27ClN4O2.HI/c1-23-21(25-14-17(15-27)16-6-3-2-4-7-16)24-13-5-8-20(28)26-19-11-9-18(22)10-12-19;/h2-4,6-7,9-12,17,27H,5,8,13-15H2,1H3,(H,26,28)(H2,23,24,25);1H. The molecule has 0 aromatic heterocycles. The van der Waals surface area contributed by atoms with Gasteiger partial charge in [0.25, 0.3) is 0 Å². The lowest BCUT2D eigenvalue weighted by atomic mass is 10.0. The highest BCUT2D eigenvalue weighted by Crippen LogP contribution is 2.14. The number of aliphatic imine (C=N–C) groups is 1. The van der Waals surface area contributed by atoms with Crippen LogP contribution >= 0.6 is 35.6 Å². The van der Waals surface area contributed by atoms with E-state index in [0.717, 1.165) is 11.3 Å². The van der Waals surface area contributed by atoms with Crippen molar-refractivity contribution < 1.29 is 9.90 Å². The molecular weight excluding hydrogens is 503 g/mol. The first-order valence-corrected chi connectivity index (χ1v) is 9.66. The number of nitrogens with zero attached hydrogens (tertiary/aromatic N) is 1. The lowest BCUT2D eigenvalue weighted by Crippen LogP contribution is -2.40. The van der Waals surface area contributed by atoms with Crippen LogP contribution in [0.25, 0.3) is 0 Å². The van der Waals surface area contributed by atoms with Crippen LogP contribution in [0.4, 0.5) is 5.69 Å². The number of rotatable bonds is 9. The highest BCUT2D eigenvalue weighted by molar-refractivity contribution is 14.0. The van der Waals surface area contributed by atoms with E-state index in [1.54, 1.807) is 31.3 Å². The molecule has 1 amide bonds. The van der Waals surface area contributed by atoms with E-state index in [1.807, 2.05) is 30.3 Å². The Morgan fingerprint density at radius 3 is 2.41 bits per heavy atom. The smallest absolute Gasteiger partial charge is 0.224 e. The van der Waals surface area contributed by atoms with Gasteiger partial charge in [0.2, 0.25) is 5.91 Å². The number of hydrogen-bond acceptors (Lipinski definition) is 3. The van der Waals surface area contributed by atoms with Crippen molar-refractivity contribution in [2.75, 3.05) is 32.1 Å². The highest BCUT2D eigenvalue weighted by Gasteiger charge is 2.11. The van der Waals surface area contributed by atoms with Crippen LogP contribution in [0.1, 0.15) is 24.3 Å². The van der Waals surface area contributed by atoms with Gasteiger partial charge < -0.3 is 21.1 Å². The molecule has 2 aromatic rings. The molecule has 0 saturated heterocycles. The van der Waals surface area contributed by atoms with Gasteiger partial charge in [-0.2, -0.15) is 0 Å². The van der Waals surface area contributed by atoms with Gasteiger partial charge in [-0.3, -0.25) is 9.79 Å². The maximum atomic E-state index is 12.0. The van der Waals surface area contributed by atoms with Crippen LogP contribution in [0.15, 0.2) is 59.6 Å². The van der Waals surface area contributed by atoms with Crippen LogP contribution in [0.2, 0.25) is 5.02 Å². The molecule has 29 heavy (non-hydrogen) atoms. The minimum atomic E-state index is -0.0449. The van der Waals surface area contributed by atoms with E-state index in [0.29, 0.717) is 36.9 Å². The summed E-state index contributed by atoms with van der Waals surface area (Å²) < 4.78 is 0. The van der Waals surface area contributed by atoms with E-state index in [9.17, 15) is 9.90 Å². The molecule has 0 aliphatic heterocycles. The summed E-state index contributed by atoms with van der Waals surface area (Å²) in [7, 11) is 1.69. The van der Waals surface area contributed by atoms with E-state index < -0.39 is 0 Å². The number of benzene rings is 2. The Kier molecular flexibility index (Phi) is 12.3. The van der Waals surface area contributed by atoms with Crippen LogP contribution in [-0.2, 0) is 4.79 Å². The molecule has 8 heteroatoms. The molecule has 0 aliphatic rings. The zero-order chi connectivity index (χ0) is 20.2. The van der Waals surface area contributed by atoms with Crippen molar-refractivity contribution in [1.29, 1.82) is 0 Å². The predicted octanol–water partition coefficient (Wildman–Crippen LogP) is 3.62. The van der Waals surface area contributed by atoms with Gasteiger partial charge in [-0.15, -0.1) is 24.0 Å². The van der Waals surface area contributed by atoms with Crippen molar-refractivity contribution in [2.45, 2.75) is 18.8 Å². The number of hydrogen-bond donors (Lipinski definition) is 4. The lowest BCUT2D eigenvalue weighted by Gasteiger charge is -2.18. The van der Waals surface area contributed by atoms with Gasteiger partial charge in [0.15, 0.2) is 5.96 Å². The maximum absolute atomic E-state index is 12.0. The minimum absolute atomic E-state index is 0. The Bertz CT molecular complexity index is 757. The second-order valence-electron chi connectivity index (χ2n) is 6.33. The highest BCUT2D eigenvalue weighted by atomic mass is 127. The number of aliphatic hydroxyl groups is 1. The zero-order valence-electron chi connectivity index (χ0n) is 16.4. The number of amides is 1. The lowest BCUT2D eigenvalue weighted by molar-refractivity contribution is -0.116. The van der Waals surface area contributed by atoms with E-state index in [4.69, 9.17) is 11.6 Å². The summed E-state index contributed by atoms with van der Waals surface area (Å²) in [5.74, 6) is 0.592. The Balaban J connectivity index is 0.00000420. The summed E-state index contributed by atoms with van der Waals surface area (Å²) in [5, 5.41) is 19.5. The normalized spacial score (nSPS) is 11.9. The summed E-state index contributed by atoms with van der Waals surface area (Å²) in [6, 6.07) is 16.9. The van der Waals surface area contributed by atoms with Crippen LogP contribution in [0, 0.1) is 0 Å². The molecule has 4 N–H and O–H groups in total. The van der Waals surface area contributed by atoms with Gasteiger partial charge in [0.1, 0.15) is 0 Å². The van der Waals surface area contributed by atoms with E-state index in [1.165, 1.54) is 0 Å². The average molecular weight is 531 g/mol. The number of halogens is 2. The van der Waals surface area contributed by atoms with Gasteiger partial charge >= 0.3 is 0 Å². The fourth-order valence-corrected chi connectivity index (χ4v) is 2.79. The predicted molar refractivity (Wildman–Crippen MR) is 130 cm³/mol. The molecule has 1 atom stereocenters. The number of nitrogens with one attached hydrogen (secondary N) is 3. The van der Waals surface area contributed by atoms with Crippen LogP contribution in [0.3, 0.4) is 0 Å². The first-order valence-electron chi connectivity index (χ1n) is 9.28. The minimum Gasteiger partial charge on any atom is -0.396 e. The number of aliphatic hydroxyl groups excluding tert-OH is 1. The first kappa shape index (κ1) is 25.2. The molecule has 0 saturated carbocycles. The number of carbonyl (C=O) groups is 1. The fourth-order valence-electron chi connectivity index (χ4n) is 2.67. The summed E-state index contributed by atoms with van der Waals surface area (Å²) in [6.07, 6.45) is 1.07. The van der Waals surface area contributed by atoms with Gasteiger partial charge in [-0.25, -0.2) is 0 Å². The average Bonchev–Trinajstić information content (AvgIpc) is 2.72. The van der Waals surface area contributed by atoms with Crippen molar-refractivity contribution in [3.8, 4) is 0 Å². The molecule has 2 rings (SSSR count). The van der Waals surface area contributed by atoms with Gasteiger partial charge in [0, 0.05) is 43.2 Å². The topological polar surface area (TPSA) is 85.8 Å². The summed E-state index contributed by atoms with van der Waals surface area (Å²) in [4.78, 5) is 16.2. The second kappa shape index (κ2) is 14.2. The van der Waals surface area contributed by atoms with Crippen LogP contribution < -0.4 is 16.0 Å². The summed E-state index contributed by atoms with van der Waals surface area (Å²) in [6.45, 7) is 1.24. The van der Waals surface area contributed by atoms with E-state index in [-0.39, 0.29) is 42.4 Å². The van der Waals surface area contributed by atoms with E-state index in [2.05, 4.69) is 20.9 Å². The van der Waals surface area contributed by atoms with Gasteiger partial charge in [-0.05, 0) is 36.2 Å². The van der Waals surface area contributed by atoms with Crippen molar-refractivity contribution >= 4 is 53.1 Å². The molecule has 0 fully saturated rings. The van der Waals surface area contributed by atoms with Crippen LogP contribution in [0.5, 0.6) is 0 Å². The summed E-state index contributed by atoms with van der Waals surface area (Å²) >= 11 is 5.83. The van der Waals surface area contributed by atoms with E-state index >= 15 is 0 Å². The van der Waals surface area contributed by atoms with Crippen molar-refractivity contribution in [2.24, 2.45) is 4.99 Å². The van der Waals surface area contributed by atoms with Crippen molar-refractivity contribution in [3.05, 3.63) is 65.2 Å². The molecule has 0 aliphatic carbocycles. The molecule has 2 aromatic carbocycles. The van der Waals surface area contributed by atoms with Gasteiger partial charge in [0.05, 0.1) is 6.61 Å². The van der Waals surface area contributed by atoms with Gasteiger partial charge in [-0.1, -0.05) is 41.9 Å². The quantitative estimate of drug-likeness (QED) is 0.173. The molecule has 0 bridgehead atoms. The molecule has 0 spiro atoms. The Labute approximate surface area is 194 Å².